The average Bonchev–Trinajstić information content (AvgIpc) is 2.08. The molecule has 0 fully saturated rings. The summed E-state index contributed by atoms with van der Waals surface area (Å²) in [7, 11) is -14.0. The Morgan fingerprint density at radius 3 is 0.346 bits per heavy atom. The van der Waals surface area contributed by atoms with E-state index in [4.69, 9.17) is 90.4 Å². The van der Waals surface area contributed by atoms with Gasteiger partial charge in [-0.05, 0) is 0 Å². The summed E-state index contributed by atoms with van der Waals surface area (Å²) >= 11 is 0. The van der Waals surface area contributed by atoms with E-state index in [2.05, 4.69) is 0 Å². The van der Waals surface area contributed by atoms with Crippen molar-refractivity contribution in [1.82, 2.24) is 0 Å². The van der Waals surface area contributed by atoms with E-state index in [1.165, 1.54) is 0 Å². The van der Waals surface area contributed by atoms with E-state index < -0.39 is 43.9 Å². The van der Waals surface area contributed by atoms with Crippen LogP contribution in [0.1, 0.15) is 0 Å². The van der Waals surface area contributed by atoms with Gasteiger partial charge in [-0.2, -0.15) is 0 Å². The van der Waals surface area contributed by atoms with Gasteiger partial charge in [0, 0.05) is 0 Å². The van der Waals surface area contributed by atoms with Crippen molar-refractivity contribution in [2.45, 2.75) is 0 Å². The van der Waals surface area contributed by atoms with Gasteiger partial charge in [0.1, 0.15) is 0 Å². The molecule has 14 N–H and O–H groups in total. The maximum atomic E-state index is 8.64. The Balaban J connectivity index is -0.0000000245. The summed E-state index contributed by atoms with van der Waals surface area (Å²) in [6.07, 6.45) is 0. The van der Waals surface area contributed by atoms with E-state index in [9.17, 15) is 0 Å². The Kier molecular flexibility index (Phi) is 87.9. The van der Waals surface area contributed by atoms with Crippen LogP contribution in [-0.4, -0.2) is 160 Å². The van der Waals surface area contributed by atoms with E-state index in [0.717, 1.165) is 0 Å². The zero-order valence-electron chi connectivity index (χ0n) is 12.8. The SMILES string of the molecule is OB(O)O.OB(O)O.OB(O)O.OB(O)O.[Mg+2].[Mg+2].[O-]B(O)O.[O-]B([O-])[O-]. The van der Waals surface area contributed by atoms with Crippen molar-refractivity contribution >= 4 is 90.0 Å². The molecule has 26 heteroatoms. The van der Waals surface area contributed by atoms with Crippen LogP contribution in [0, 0.1) is 0 Å². The topological polar surface area (TPSA) is 375 Å². The summed E-state index contributed by atoms with van der Waals surface area (Å²) in [5, 5.41) is 134. The molecule has 0 radical (unpaired) electrons. The molecular weight excluding hydrogens is 401 g/mol. The first kappa shape index (κ1) is 50.6. The van der Waals surface area contributed by atoms with E-state index in [0.29, 0.717) is 0 Å². The van der Waals surface area contributed by atoms with Crippen LogP contribution >= 0.6 is 0 Å². The first-order valence-corrected chi connectivity index (χ1v) is 4.56. The van der Waals surface area contributed by atoms with Crippen LogP contribution in [0.2, 0.25) is 0 Å². The Bertz CT molecular complexity index is 105. The Hall–Kier alpha value is 1.20. The molecule has 0 bridgehead atoms. The summed E-state index contributed by atoms with van der Waals surface area (Å²) in [6.45, 7) is 0. The van der Waals surface area contributed by atoms with Crippen LogP contribution in [0.4, 0.5) is 0 Å². The molecular formula is H14B6Mg2O18. The Labute approximate surface area is 180 Å². The van der Waals surface area contributed by atoms with Gasteiger partial charge in [0.15, 0.2) is 0 Å². The molecule has 0 saturated heterocycles. The summed E-state index contributed by atoms with van der Waals surface area (Å²) in [5.41, 5.74) is 0. The van der Waals surface area contributed by atoms with E-state index in [1.807, 2.05) is 0 Å². The molecule has 0 aliphatic rings. The summed E-state index contributed by atoms with van der Waals surface area (Å²) in [5.74, 6) is 0. The second-order valence-corrected chi connectivity index (χ2v) is 2.00. The third kappa shape index (κ3) is 10200. The normalized spacial score (nSPS) is 6.23. The van der Waals surface area contributed by atoms with Gasteiger partial charge in [-0.3, -0.25) is 7.32 Å². The molecule has 18 nitrogen and oxygen atoms in total. The summed E-state index contributed by atoms with van der Waals surface area (Å²) < 4.78 is 0. The van der Waals surface area contributed by atoms with Crippen molar-refractivity contribution < 1.29 is 90.4 Å². The van der Waals surface area contributed by atoms with Crippen LogP contribution < -0.4 is 20.1 Å². The molecule has 0 amide bonds. The maximum absolute atomic E-state index is 8.64. The standard InChI is InChI=1S/4BH3O3.BH2O3.BO3.2Mg/c6*2-1(3)4;;/h4*2-4H;2-3H;;;/q;;;;-1;-3;2*+2. The minimum Gasteiger partial charge on any atom is -0.907 e. The predicted molar refractivity (Wildman–Crippen MR) is 77.1 cm³/mol. The minimum atomic E-state index is -2.92. The van der Waals surface area contributed by atoms with Crippen LogP contribution in [0.5, 0.6) is 0 Å². The van der Waals surface area contributed by atoms with Gasteiger partial charge < -0.3 is 90.4 Å². The zero-order chi connectivity index (χ0) is 21.5. The fraction of sp³-hybridized carbons (Fsp3) is 0. The average molecular weight is 416 g/mol. The Morgan fingerprint density at radius 1 is 0.346 bits per heavy atom. The van der Waals surface area contributed by atoms with Crippen molar-refractivity contribution in [3.8, 4) is 0 Å². The Morgan fingerprint density at radius 2 is 0.346 bits per heavy atom. The first-order valence-electron chi connectivity index (χ1n) is 4.56. The van der Waals surface area contributed by atoms with Crippen molar-refractivity contribution in [2.24, 2.45) is 0 Å². The van der Waals surface area contributed by atoms with Gasteiger partial charge in [0.25, 0.3) is 0 Å². The molecule has 0 aliphatic carbocycles. The van der Waals surface area contributed by atoms with E-state index >= 15 is 0 Å². The zero-order valence-corrected chi connectivity index (χ0v) is 15.6. The third-order valence-electron chi connectivity index (χ3n) is 0. The van der Waals surface area contributed by atoms with Crippen LogP contribution in [-0.2, 0) is 0 Å². The summed E-state index contributed by atoms with van der Waals surface area (Å²) in [4.78, 5) is 0. The molecule has 26 heavy (non-hydrogen) atoms. The molecule has 0 saturated carbocycles. The molecule has 0 rings (SSSR count). The van der Waals surface area contributed by atoms with Gasteiger partial charge in [0.05, 0.1) is 0 Å². The summed E-state index contributed by atoms with van der Waals surface area (Å²) in [6, 6.07) is 0. The van der Waals surface area contributed by atoms with E-state index in [-0.39, 0.29) is 46.1 Å². The van der Waals surface area contributed by atoms with Crippen molar-refractivity contribution in [2.75, 3.05) is 0 Å². The van der Waals surface area contributed by atoms with Gasteiger partial charge in [-0.1, -0.05) is 0 Å². The van der Waals surface area contributed by atoms with Crippen LogP contribution in [0.15, 0.2) is 0 Å². The fourth-order valence-electron chi connectivity index (χ4n) is 0. The van der Waals surface area contributed by atoms with Crippen LogP contribution in [0.25, 0.3) is 0 Å². The molecule has 0 unspecified atom stereocenters. The molecule has 0 atom stereocenters. The smallest absolute Gasteiger partial charge is 0.907 e. The largest absolute Gasteiger partial charge is 2.00 e. The van der Waals surface area contributed by atoms with Crippen molar-refractivity contribution in [3.63, 3.8) is 0 Å². The number of hydrogen-bond donors (Lipinski definition) is 14. The predicted octanol–water partition coefficient (Wildman–Crippen LogP) is -15.6. The minimum absolute atomic E-state index is 0. The van der Waals surface area contributed by atoms with Crippen molar-refractivity contribution in [1.29, 1.82) is 0 Å². The third-order valence-corrected chi connectivity index (χ3v) is 0. The number of rotatable bonds is 0. The number of hydrogen-bond acceptors (Lipinski definition) is 18. The van der Waals surface area contributed by atoms with Gasteiger partial charge in [0.2, 0.25) is 0 Å². The molecule has 0 aromatic heterocycles. The first-order chi connectivity index (χ1) is 10.4. The van der Waals surface area contributed by atoms with Gasteiger partial charge >= 0.3 is 82.7 Å². The van der Waals surface area contributed by atoms with Crippen molar-refractivity contribution in [3.05, 3.63) is 0 Å². The van der Waals surface area contributed by atoms with Gasteiger partial charge in [-0.25, -0.2) is 0 Å². The molecule has 0 heterocycles. The van der Waals surface area contributed by atoms with Crippen LogP contribution in [0.3, 0.4) is 0 Å². The fourth-order valence-corrected chi connectivity index (χ4v) is 0. The maximum Gasteiger partial charge on any atom is 2.00 e. The molecule has 0 aromatic rings. The molecule has 0 aromatic carbocycles. The monoisotopic (exact) mass is 416 g/mol. The molecule has 0 aliphatic heterocycles. The van der Waals surface area contributed by atoms with E-state index in [1.54, 1.807) is 0 Å². The quantitative estimate of drug-likeness (QED) is 0.163. The second kappa shape index (κ2) is 45.1. The van der Waals surface area contributed by atoms with Gasteiger partial charge in [-0.15, -0.1) is 0 Å². The second-order valence-electron chi connectivity index (χ2n) is 2.00. The molecule has 0 spiro atoms. The molecule has 144 valence electrons.